The lowest BCUT2D eigenvalue weighted by Gasteiger charge is -2.09. The largest absolute Gasteiger partial charge is 0.423 e. The Morgan fingerprint density at radius 3 is 2.68 bits per heavy atom. The van der Waals surface area contributed by atoms with Crippen LogP contribution in [0.3, 0.4) is 0 Å². The summed E-state index contributed by atoms with van der Waals surface area (Å²) in [7, 11) is 1.88. The Bertz CT molecular complexity index is 1120. The number of para-hydroxylation sites is 2. The summed E-state index contributed by atoms with van der Waals surface area (Å²) in [4.78, 5) is 29.4. The molecule has 0 spiro atoms. The third-order valence-electron chi connectivity index (χ3n) is 4.01. The second kappa shape index (κ2) is 7.62. The van der Waals surface area contributed by atoms with Gasteiger partial charge in [0.25, 0.3) is 17.2 Å². The number of benzene rings is 2. The standard InChI is InChI=1S/C21H15N3O3S/c1-24(20-22-16-6-2-3-7-17(16)27-20)12-4-5-14-8-10-15(11-9-14)13-18-19(25)23-21(26)28-18/h2-3,6-11,13H,12H2,1H3,(H,23,25,26)/b18-13+. The van der Waals surface area contributed by atoms with Crippen molar-refractivity contribution in [2.75, 3.05) is 18.5 Å². The van der Waals surface area contributed by atoms with E-state index in [4.69, 9.17) is 4.42 Å². The first-order chi connectivity index (χ1) is 13.6. The SMILES string of the molecule is CN(CC#Cc1ccc(/C=C2/SC(=O)NC2=O)cc1)c1nc2ccccc2o1. The van der Waals surface area contributed by atoms with Crippen molar-refractivity contribution in [3.05, 3.63) is 64.6 Å². The van der Waals surface area contributed by atoms with Crippen LogP contribution in [0.15, 0.2) is 57.9 Å². The fraction of sp³-hybridized carbons (Fsp3) is 0.0952. The molecule has 1 aliphatic heterocycles. The van der Waals surface area contributed by atoms with Crippen LogP contribution in [0, 0.1) is 11.8 Å². The molecule has 4 rings (SSSR count). The van der Waals surface area contributed by atoms with Gasteiger partial charge in [-0.1, -0.05) is 36.1 Å². The van der Waals surface area contributed by atoms with E-state index in [1.807, 2.05) is 60.5 Å². The maximum atomic E-state index is 11.6. The number of aromatic nitrogens is 1. The van der Waals surface area contributed by atoms with E-state index in [-0.39, 0.29) is 11.1 Å². The van der Waals surface area contributed by atoms with E-state index in [9.17, 15) is 9.59 Å². The molecule has 1 fully saturated rings. The van der Waals surface area contributed by atoms with Crippen LogP contribution in [0.2, 0.25) is 0 Å². The van der Waals surface area contributed by atoms with Crippen LogP contribution in [-0.4, -0.2) is 29.7 Å². The lowest BCUT2D eigenvalue weighted by Crippen LogP contribution is -2.17. The fourth-order valence-electron chi connectivity index (χ4n) is 2.59. The molecule has 0 unspecified atom stereocenters. The van der Waals surface area contributed by atoms with Crippen molar-refractivity contribution in [1.29, 1.82) is 0 Å². The molecule has 138 valence electrons. The summed E-state index contributed by atoms with van der Waals surface area (Å²) < 4.78 is 5.71. The van der Waals surface area contributed by atoms with Gasteiger partial charge in [0.1, 0.15) is 5.52 Å². The van der Waals surface area contributed by atoms with Gasteiger partial charge in [0, 0.05) is 12.6 Å². The number of hydrogen-bond donors (Lipinski definition) is 1. The van der Waals surface area contributed by atoms with Crippen LogP contribution in [0.25, 0.3) is 17.2 Å². The van der Waals surface area contributed by atoms with Gasteiger partial charge in [-0.25, -0.2) is 0 Å². The van der Waals surface area contributed by atoms with Crippen molar-refractivity contribution in [3.8, 4) is 11.8 Å². The van der Waals surface area contributed by atoms with Crippen molar-refractivity contribution >= 4 is 46.1 Å². The molecule has 0 bridgehead atoms. The predicted molar refractivity (Wildman–Crippen MR) is 110 cm³/mol. The highest BCUT2D eigenvalue weighted by Gasteiger charge is 2.24. The number of carbonyl (C=O) groups is 2. The summed E-state index contributed by atoms with van der Waals surface area (Å²) in [5, 5.41) is 1.89. The Morgan fingerprint density at radius 2 is 1.96 bits per heavy atom. The number of fused-ring (bicyclic) bond motifs is 1. The van der Waals surface area contributed by atoms with Crippen molar-refractivity contribution in [2.45, 2.75) is 0 Å². The number of imide groups is 1. The summed E-state index contributed by atoms with van der Waals surface area (Å²) in [5.41, 5.74) is 3.25. The van der Waals surface area contributed by atoms with E-state index in [1.54, 1.807) is 6.08 Å². The van der Waals surface area contributed by atoms with Gasteiger partial charge in [0.15, 0.2) is 5.58 Å². The van der Waals surface area contributed by atoms with Crippen molar-refractivity contribution in [3.63, 3.8) is 0 Å². The number of rotatable bonds is 3. The van der Waals surface area contributed by atoms with E-state index in [0.717, 1.165) is 34.0 Å². The van der Waals surface area contributed by atoms with Crippen LogP contribution in [0.4, 0.5) is 10.8 Å². The average Bonchev–Trinajstić information content (AvgIpc) is 3.26. The molecule has 6 nitrogen and oxygen atoms in total. The van der Waals surface area contributed by atoms with Gasteiger partial charge in [-0.15, -0.1) is 0 Å². The molecule has 2 aromatic carbocycles. The first-order valence-electron chi connectivity index (χ1n) is 8.49. The van der Waals surface area contributed by atoms with Crippen molar-refractivity contribution in [1.82, 2.24) is 10.3 Å². The molecule has 1 aromatic heterocycles. The quantitative estimate of drug-likeness (QED) is 0.545. The monoisotopic (exact) mass is 389 g/mol. The molecule has 0 radical (unpaired) electrons. The molecule has 0 saturated carbocycles. The number of oxazole rings is 1. The number of nitrogens with zero attached hydrogens (tertiary/aromatic N) is 2. The number of hydrogen-bond acceptors (Lipinski definition) is 6. The number of thioether (sulfide) groups is 1. The van der Waals surface area contributed by atoms with Gasteiger partial charge < -0.3 is 9.32 Å². The first-order valence-corrected chi connectivity index (χ1v) is 9.31. The zero-order chi connectivity index (χ0) is 19.5. The van der Waals surface area contributed by atoms with Gasteiger partial charge in [-0.05, 0) is 47.7 Å². The topological polar surface area (TPSA) is 75.4 Å². The van der Waals surface area contributed by atoms with E-state index in [1.165, 1.54) is 0 Å². The molecule has 2 heterocycles. The maximum Gasteiger partial charge on any atom is 0.298 e. The van der Waals surface area contributed by atoms with Gasteiger partial charge in [0.05, 0.1) is 11.4 Å². The number of carbonyl (C=O) groups excluding carboxylic acids is 2. The van der Waals surface area contributed by atoms with Crippen LogP contribution in [0.5, 0.6) is 0 Å². The van der Waals surface area contributed by atoms with Crippen molar-refractivity contribution in [2.24, 2.45) is 0 Å². The van der Waals surface area contributed by atoms with Crippen LogP contribution in [0.1, 0.15) is 11.1 Å². The lowest BCUT2D eigenvalue weighted by molar-refractivity contribution is -0.115. The molecule has 0 atom stereocenters. The molecule has 7 heteroatoms. The predicted octanol–water partition coefficient (Wildman–Crippen LogP) is 3.64. The first kappa shape index (κ1) is 17.9. The maximum absolute atomic E-state index is 11.6. The smallest absolute Gasteiger partial charge is 0.298 e. The highest BCUT2D eigenvalue weighted by Crippen LogP contribution is 2.25. The highest BCUT2D eigenvalue weighted by molar-refractivity contribution is 8.18. The highest BCUT2D eigenvalue weighted by atomic mass is 32.2. The van der Waals surface area contributed by atoms with E-state index in [0.29, 0.717) is 17.5 Å². The molecular formula is C21H15N3O3S. The molecule has 28 heavy (non-hydrogen) atoms. The fourth-order valence-corrected chi connectivity index (χ4v) is 3.27. The normalized spacial score (nSPS) is 14.8. The second-order valence-electron chi connectivity index (χ2n) is 6.10. The summed E-state index contributed by atoms with van der Waals surface area (Å²) in [5.74, 6) is 5.83. The van der Waals surface area contributed by atoms with Crippen LogP contribution < -0.4 is 10.2 Å². The zero-order valence-corrected chi connectivity index (χ0v) is 15.7. The Labute approximate surface area is 165 Å². The minimum atomic E-state index is -0.360. The second-order valence-corrected chi connectivity index (χ2v) is 7.11. The molecule has 1 saturated heterocycles. The van der Waals surface area contributed by atoms with Gasteiger partial charge >= 0.3 is 0 Å². The van der Waals surface area contributed by atoms with Gasteiger partial charge in [0.2, 0.25) is 0 Å². The number of nitrogens with one attached hydrogen (secondary N) is 1. The minimum absolute atomic E-state index is 0.346. The average molecular weight is 389 g/mol. The van der Waals surface area contributed by atoms with Crippen LogP contribution >= 0.6 is 11.8 Å². The van der Waals surface area contributed by atoms with Crippen LogP contribution in [-0.2, 0) is 4.79 Å². The summed E-state index contributed by atoms with van der Waals surface area (Å²) >= 11 is 0.902. The molecular weight excluding hydrogens is 374 g/mol. The molecule has 0 aliphatic carbocycles. The lowest BCUT2D eigenvalue weighted by atomic mass is 10.1. The van der Waals surface area contributed by atoms with E-state index in [2.05, 4.69) is 22.1 Å². The summed E-state index contributed by atoms with van der Waals surface area (Å²) in [6, 6.07) is 15.6. The summed E-state index contributed by atoms with van der Waals surface area (Å²) in [6.45, 7) is 0.470. The third kappa shape index (κ3) is 3.92. The van der Waals surface area contributed by atoms with Crippen molar-refractivity contribution < 1.29 is 14.0 Å². The third-order valence-corrected chi connectivity index (χ3v) is 4.82. The molecule has 2 amide bonds. The molecule has 1 aliphatic rings. The Hall–Kier alpha value is -3.50. The summed E-state index contributed by atoms with van der Waals surface area (Å²) in [6.07, 6.45) is 1.68. The zero-order valence-electron chi connectivity index (χ0n) is 14.9. The number of anilines is 1. The minimum Gasteiger partial charge on any atom is -0.423 e. The Morgan fingerprint density at radius 1 is 1.18 bits per heavy atom. The van der Waals surface area contributed by atoms with Gasteiger partial charge in [-0.2, -0.15) is 4.98 Å². The Kier molecular flexibility index (Phi) is 4.87. The molecule has 3 aromatic rings. The Balaban J connectivity index is 1.41. The van der Waals surface area contributed by atoms with Gasteiger partial charge in [-0.3, -0.25) is 14.9 Å². The van der Waals surface area contributed by atoms with E-state index >= 15 is 0 Å². The van der Waals surface area contributed by atoms with E-state index < -0.39 is 0 Å². The number of amides is 2. The molecule has 1 N–H and O–H groups in total.